The Hall–Kier alpha value is -1.02. The summed E-state index contributed by atoms with van der Waals surface area (Å²) in [7, 11) is 0. The second-order valence-electron chi connectivity index (χ2n) is 2.48. The molecule has 0 saturated heterocycles. The molecule has 0 aliphatic rings. The molecule has 2 nitrogen and oxygen atoms in total. The molecular formula is C9H9ClO2. The van der Waals surface area contributed by atoms with Crippen molar-refractivity contribution < 1.29 is 9.90 Å². The van der Waals surface area contributed by atoms with Gasteiger partial charge in [-0.15, -0.1) is 11.6 Å². The third-order valence-corrected chi connectivity index (χ3v) is 1.92. The molecule has 0 fully saturated rings. The molecule has 3 heteroatoms. The van der Waals surface area contributed by atoms with Crippen LogP contribution in [0.1, 0.15) is 17.4 Å². The number of hydrogen-bond donors (Lipinski definition) is 1. The van der Waals surface area contributed by atoms with Crippen molar-refractivity contribution in [3.63, 3.8) is 0 Å². The zero-order chi connectivity index (χ0) is 8.97. The van der Waals surface area contributed by atoms with Gasteiger partial charge in [-0.2, -0.15) is 0 Å². The third-order valence-electron chi connectivity index (χ3n) is 1.52. The van der Waals surface area contributed by atoms with Crippen LogP contribution in [0.3, 0.4) is 0 Å². The SMILES string of the molecule is O=C(O)C[C@@H](Cl)c1ccccc1. The number of carboxylic acids is 1. The third kappa shape index (κ3) is 2.55. The van der Waals surface area contributed by atoms with Gasteiger partial charge in [-0.25, -0.2) is 0 Å². The highest BCUT2D eigenvalue weighted by molar-refractivity contribution is 6.21. The maximum Gasteiger partial charge on any atom is 0.305 e. The summed E-state index contributed by atoms with van der Waals surface area (Å²) < 4.78 is 0. The van der Waals surface area contributed by atoms with Gasteiger partial charge in [-0.1, -0.05) is 30.3 Å². The fourth-order valence-corrected chi connectivity index (χ4v) is 1.21. The zero-order valence-electron chi connectivity index (χ0n) is 6.40. The number of rotatable bonds is 3. The van der Waals surface area contributed by atoms with Crippen LogP contribution in [0.15, 0.2) is 30.3 Å². The zero-order valence-corrected chi connectivity index (χ0v) is 7.16. The summed E-state index contributed by atoms with van der Waals surface area (Å²) in [5, 5.41) is 8.03. The Balaban J connectivity index is 2.65. The van der Waals surface area contributed by atoms with Gasteiger partial charge in [0.05, 0.1) is 11.8 Å². The van der Waals surface area contributed by atoms with Crippen molar-refractivity contribution in [2.24, 2.45) is 0 Å². The first-order valence-electron chi connectivity index (χ1n) is 3.61. The van der Waals surface area contributed by atoms with Crippen molar-refractivity contribution in [2.75, 3.05) is 0 Å². The van der Waals surface area contributed by atoms with Crippen molar-refractivity contribution in [1.29, 1.82) is 0 Å². The van der Waals surface area contributed by atoms with Gasteiger partial charge in [-0.3, -0.25) is 4.79 Å². The van der Waals surface area contributed by atoms with Gasteiger partial charge in [-0.05, 0) is 5.56 Å². The van der Waals surface area contributed by atoms with E-state index in [9.17, 15) is 4.79 Å². The van der Waals surface area contributed by atoms with Crippen molar-refractivity contribution >= 4 is 17.6 Å². The second-order valence-corrected chi connectivity index (χ2v) is 3.00. The molecule has 1 rings (SSSR count). The molecule has 1 aromatic rings. The smallest absolute Gasteiger partial charge is 0.305 e. The number of aliphatic carboxylic acids is 1. The minimum absolute atomic E-state index is 0.0361. The Morgan fingerprint density at radius 1 is 1.42 bits per heavy atom. The molecule has 0 bridgehead atoms. The molecule has 64 valence electrons. The summed E-state index contributed by atoms with van der Waals surface area (Å²) in [6.07, 6.45) is -0.0361. The van der Waals surface area contributed by atoms with Crippen LogP contribution in [0.25, 0.3) is 0 Å². The molecule has 0 heterocycles. The van der Waals surface area contributed by atoms with Crippen LogP contribution in [-0.2, 0) is 4.79 Å². The lowest BCUT2D eigenvalue weighted by molar-refractivity contribution is -0.137. The van der Waals surface area contributed by atoms with E-state index in [0.717, 1.165) is 5.56 Å². The largest absolute Gasteiger partial charge is 0.481 e. The summed E-state index contributed by atoms with van der Waals surface area (Å²) in [4.78, 5) is 10.3. The lowest BCUT2D eigenvalue weighted by Crippen LogP contribution is -2.00. The highest BCUT2D eigenvalue weighted by Crippen LogP contribution is 2.23. The molecule has 1 N–H and O–H groups in total. The van der Waals surface area contributed by atoms with Crippen LogP contribution in [0, 0.1) is 0 Å². The number of benzene rings is 1. The molecule has 0 spiro atoms. The molecule has 0 unspecified atom stereocenters. The van der Waals surface area contributed by atoms with Gasteiger partial charge < -0.3 is 5.11 Å². The Bertz CT molecular complexity index is 258. The average Bonchev–Trinajstić information content (AvgIpc) is 2.05. The van der Waals surface area contributed by atoms with Crippen LogP contribution in [-0.4, -0.2) is 11.1 Å². The van der Waals surface area contributed by atoms with Gasteiger partial charge in [0, 0.05) is 0 Å². The van der Waals surface area contributed by atoms with E-state index in [4.69, 9.17) is 16.7 Å². The van der Waals surface area contributed by atoms with Crippen molar-refractivity contribution in [2.45, 2.75) is 11.8 Å². The first-order chi connectivity index (χ1) is 5.70. The van der Waals surface area contributed by atoms with Crippen LogP contribution in [0.5, 0.6) is 0 Å². The Labute approximate surface area is 75.8 Å². The van der Waals surface area contributed by atoms with E-state index < -0.39 is 11.3 Å². The van der Waals surface area contributed by atoms with Crippen molar-refractivity contribution in [3.05, 3.63) is 35.9 Å². The van der Waals surface area contributed by atoms with E-state index in [0.29, 0.717) is 0 Å². The first kappa shape index (κ1) is 9.07. The molecule has 1 aromatic carbocycles. The number of alkyl halides is 1. The summed E-state index contributed by atoms with van der Waals surface area (Å²) in [6, 6.07) is 9.19. The number of hydrogen-bond acceptors (Lipinski definition) is 1. The highest BCUT2D eigenvalue weighted by Gasteiger charge is 2.10. The maximum absolute atomic E-state index is 10.3. The Morgan fingerprint density at radius 3 is 2.50 bits per heavy atom. The summed E-state index contributed by atoms with van der Waals surface area (Å²) in [6.45, 7) is 0. The van der Waals surface area contributed by atoms with Crippen LogP contribution >= 0.6 is 11.6 Å². The minimum Gasteiger partial charge on any atom is -0.481 e. The van der Waals surface area contributed by atoms with E-state index in [1.165, 1.54) is 0 Å². The second kappa shape index (κ2) is 4.12. The predicted molar refractivity (Wildman–Crippen MR) is 47.3 cm³/mol. The van der Waals surface area contributed by atoms with Crippen LogP contribution < -0.4 is 0 Å². The summed E-state index contributed by atoms with van der Waals surface area (Å²) >= 11 is 5.82. The number of carbonyl (C=O) groups is 1. The topological polar surface area (TPSA) is 37.3 Å². The molecule has 0 radical (unpaired) electrons. The van der Waals surface area contributed by atoms with Gasteiger partial charge in [0.1, 0.15) is 0 Å². The van der Waals surface area contributed by atoms with E-state index in [2.05, 4.69) is 0 Å². The van der Waals surface area contributed by atoms with E-state index >= 15 is 0 Å². The fraction of sp³-hybridized carbons (Fsp3) is 0.222. The monoisotopic (exact) mass is 184 g/mol. The van der Waals surface area contributed by atoms with E-state index in [1.54, 1.807) is 0 Å². The van der Waals surface area contributed by atoms with Crippen LogP contribution in [0.2, 0.25) is 0 Å². The Morgan fingerprint density at radius 2 is 2.00 bits per heavy atom. The Kier molecular flexibility index (Phi) is 3.11. The van der Waals surface area contributed by atoms with E-state index in [-0.39, 0.29) is 6.42 Å². The lowest BCUT2D eigenvalue weighted by atomic mass is 10.1. The summed E-state index contributed by atoms with van der Waals surface area (Å²) in [5.41, 5.74) is 0.849. The standard InChI is InChI=1S/C9H9ClO2/c10-8(6-9(11)12)7-4-2-1-3-5-7/h1-5,8H,6H2,(H,11,12)/t8-/m1/s1. The van der Waals surface area contributed by atoms with Crippen LogP contribution in [0.4, 0.5) is 0 Å². The molecule has 0 saturated carbocycles. The number of carboxylic acid groups (broad SMARTS) is 1. The van der Waals surface area contributed by atoms with Gasteiger partial charge >= 0.3 is 5.97 Å². The summed E-state index contributed by atoms with van der Waals surface area (Å²) in [5.74, 6) is -0.876. The van der Waals surface area contributed by atoms with Gasteiger partial charge in [0.2, 0.25) is 0 Å². The fourth-order valence-electron chi connectivity index (χ4n) is 0.933. The quantitative estimate of drug-likeness (QED) is 0.733. The normalized spacial score (nSPS) is 12.4. The highest BCUT2D eigenvalue weighted by atomic mass is 35.5. The van der Waals surface area contributed by atoms with Gasteiger partial charge in [0.15, 0.2) is 0 Å². The molecule has 0 aliphatic carbocycles. The number of halogens is 1. The first-order valence-corrected chi connectivity index (χ1v) is 4.04. The minimum atomic E-state index is -0.876. The molecule has 0 aliphatic heterocycles. The van der Waals surface area contributed by atoms with Crippen molar-refractivity contribution in [3.8, 4) is 0 Å². The lowest BCUT2D eigenvalue weighted by Gasteiger charge is -2.05. The molecule has 1 atom stereocenters. The molecule has 12 heavy (non-hydrogen) atoms. The van der Waals surface area contributed by atoms with Crippen molar-refractivity contribution in [1.82, 2.24) is 0 Å². The average molecular weight is 185 g/mol. The molecule has 0 aromatic heterocycles. The predicted octanol–water partition coefficient (Wildman–Crippen LogP) is 2.44. The molecular weight excluding hydrogens is 176 g/mol. The van der Waals surface area contributed by atoms with E-state index in [1.807, 2.05) is 30.3 Å². The maximum atomic E-state index is 10.3. The molecule has 0 amide bonds. The van der Waals surface area contributed by atoms with Gasteiger partial charge in [0.25, 0.3) is 0 Å².